The normalized spacial score (nSPS) is 18.4. The van der Waals surface area contributed by atoms with Crippen LogP contribution in [0.5, 0.6) is 0 Å². The third kappa shape index (κ3) is 2.89. The number of aryl methyl sites for hydroxylation is 1. The number of fused-ring (bicyclic) bond motifs is 1. The van der Waals surface area contributed by atoms with Gasteiger partial charge in [0.05, 0.1) is 6.04 Å². The van der Waals surface area contributed by atoms with Crippen LogP contribution in [0.1, 0.15) is 54.6 Å². The molecule has 0 fully saturated rings. The van der Waals surface area contributed by atoms with E-state index >= 15 is 0 Å². The molecule has 1 atom stereocenters. The summed E-state index contributed by atoms with van der Waals surface area (Å²) in [7, 11) is 0. The van der Waals surface area contributed by atoms with Gasteiger partial charge in [0.2, 0.25) is 0 Å². The van der Waals surface area contributed by atoms with Crippen molar-refractivity contribution in [3.05, 3.63) is 70.3 Å². The molecule has 3 rings (SSSR count). The average Bonchev–Trinajstić information content (AvgIpc) is 2.45. The van der Waals surface area contributed by atoms with E-state index in [1.54, 1.807) is 0 Å². The molecule has 1 aliphatic heterocycles. The number of nitrogens with one attached hydrogen (secondary N) is 1. The number of rotatable bonds is 1. The van der Waals surface area contributed by atoms with E-state index in [1.807, 2.05) is 0 Å². The van der Waals surface area contributed by atoms with Crippen LogP contribution in [0.4, 0.5) is 0 Å². The van der Waals surface area contributed by atoms with Crippen LogP contribution in [0.2, 0.25) is 0 Å². The van der Waals surface area contributed by atoms with Crippen molar-refractivity contribution >= 4 is 0 Å². The van der Waals surface area contributed by atoms with Crippen LogP contribution in [-0.4, -0.2) is 6.54 Å². The fraction of sp³-hybridized carbons (Fsp3) is 0.400. The molecule has 1 heterocycles. The summed E-state index contributed by atoms with van der Waals surface area (Å²) in [5.41, 5.74) is 7.27. The smallest absolute Gasteiger partial charge is 0.0579 e. The SMILES string of the molecule is Cc1cccc(C2NCCc3ccc(C(C)(C)C)cc32)c1. The molecular weight excluding hydrogens is 254 g/mol. The lowest BCUT2D eigenvalue weighted by molar-refractivity contribution is 0.555. The van der Waals surface area contributed by atoms with E-state index < -0.39 is 0 Å². The lowest BCUT2D eigenvalue weighted by Gasteiger charge is -2.30. The van der Waals surface area contributed by atoms with Crippen molar-refractivity contribution in [1.29, 1.82) is 0 Å². The standard InChI is InChI=1S/C20H25N/c1-14-6-5-7-16(12-14)19-18-13-17(20(2,3)4)9-8-15(18)10-11-21-19/h5-9,12-13,19,21H,10-11H2,1-4H3. The van der Waals surface area contributed by atoms with Crippen LogP contribution in [0.25, 0.3) is 0 Å². The summed E-state index contributed by atoms with van der Waals surface area (Å²) in [5, 5.41) is 3.70. The molecule has 1 heteroatoms. The molecule has 0 aliphatic carbocycles. The minimum atomic E-state index is 0.198. The van der Waals surface area contributed by atoms with Crippen LogP contribution in [0.15, 0.2) is 42.5 Å². The Hall–Kier alpha value is -1.60. The number of benzene rings is 2. The van der Waals surface area contributed by atoms with E-state index in [1.165, 1.54) is 27.8 Å². The Bertz CT molecular complexity index is 649. The summed E-state index contributed by atoms with van der Waals surface area (Å²) < 4.78 is 0. The highest BCUT2D eigenvalue weighted by atomic mass is 14.9. The van der Waals surface area contributed by atoms with Crippen molar-refractivity contribution in [2.45, 2.75) is 45.6 Å². The molecule has 110 valence electrons. The van der Waals surface area contributed by atoms with Gasteiger partial charge < -0.3 is 5.32 Å². The second-order valence-corrected chi connectivity index (χ2v) is 7.21. The highest BCUT2D eigenvalue weighted by Crippen LogP contribution is 2.33. The molecule has 2 aromatic carbocycles. The molecule has 1 N–H and O–H groups in total. The Morgan fingerprint density at radius 3 is 2.57 bits per heavy atom. The highest BCUT2D eigenvalue weighted by molar-refractivity contribution is 5.44. The quantitative estimate of drug-likeness (QED) is 0.809. The highest BCUT2D eigenvalue weighted by Gasteiger charge is 2.23. The van der Waals surface area contributed by atoms with Crippen molar-refractivity contribution in [2.75, 3.05) is 6.54 Å². The van der Waals surface area contributed by atoms with Gasteiger partial charge in [0.15, 0.2) is 0 Å². The van der Waals surface area contributed by atoms with E-state index in [2.05, 4.69) is 75.5 Å². The van der Waals surface area contributed by atoms with Crippen molar-refractivity contribution in [1.82, 2.24) is 5.32 Å². The molecule has 0 aromatic heterocycles. The molecule has 1 unspecified atom stereocenters. The first kappa shape index (κ1) is 14.3. The summed E-state index contributed by atoms with van der Waals surface area (Å²) in [6.07, 6.45) is 1.13. The Morgan fingerprint density at radius 1 is 1.05 bits per heavy atom. The average molecular weight is 279 g/mol. The Morgan fingerprint density at radius 2 is 1.86 bits per heavy atom. The maximum absolute atomic E-state index is 3.70. The minimum Gasteiger partial charge on any atom is -0.306 e. The maximum Gasteiger partial charge on any atom is 0.0579 e. The van der Waals surface area contributed by atoms with E-state index in [4.69, 9.17) is 0 Å². The van der Waals surface area contributed by atoms with Crippen molar-refractivity contribution in [3.8, 4) is 0 Å². The maximum atomic E-state index is 3.70. The zero-order valence-corrected chi connectivity index (χ0v) is 13.5. The van der Waals surface area contributed by atoms with Gasteiger partial charge in [-0.3, -0.25) is 0 Å². The zero-order chi connectivity index (χ0) is 15.0. The van der Waals surface area contributed by atoms with Gasteiger partial charge in [-0.05, 0) is 41.0 Å². The van der Waals surface area contributed by atoms with Gasteiger partial charge in [-0.2, -0.15) is 0 Å². The zero-order valence-electron chi connectivity index (χ0n) is 13.5. The van der Waals surface area contributed by atoms with Crippen LogP contribution >= 0.6 is 0 Å². The van der Waals surface area contributed by atoms with Gasteiger partial charge in [0.25, 0.3) is 0 Å². The lowest BCUT2D eigenvalue weighted by atomic mass is 9.81. The summed E-state index contributed by atoms with van der Waals surface area (Å²) in [6, 6.07) is 16.2. The van der Waals surface area contributed by atoms with Gasteiger partial charge >= 0.3 is 0 Å². The summed E-state index contributed by atoms with van der Waals surface area (Å²) >= 11 is 0. The number of hydrogen-bond donors (Lipinski definition) is 1. The molecule has 1 aliphatic rings. The third-order valence-electron chi connectivity index (χ3n) is 4.44. The topological polar surface area (TPSA) is 12.0 Å². The Balaban J connectivity index is 2.08. The van der Waals surface area contributed by atoms with E-state index in [-0.39, 0.29) is 5.41 Å². The fourth-order valence-corrected chi connectivity index (χ4v) is 3.17. The summed E-state index contributed by atoms with van der Waals surface area (Å²) in [5.74, 6) is 0. The molecule has 1 nitrogen and oxygen atoms in total. The third-order valence-corrected chi connectivity index (χ3v) is 4.44. The summed E-state index contributed by atoms with van der Waals surface area (Å²) in [4.78, 5) is 0. The number of hydrogen-bond acceptors (Lipinski definition) is 1. The lowest BCUT2D eigenvalue weighted by Crippen LogP contribution is -2.31. The molecule has 0 amide bonds. The molecule has 0 saturated heterocycles. The van der Waals surface area contributed by atoms with Crippen molar-refractivity contribution < 1.29 is 0 Å². The Kier molecular flexibility index (Phi) is 3.62. The molecule has 0 bridgehead atoms. The van der Waals surface area contributed by atoms with Gasteiger partial charge in [-0.15, -0.1) is 0 Å². The molecule has 0 spiro atoms. The monoisotopic (exact) mass is 279 g/mol. The molecule has 0 saturated carbocycles. The van der Waals surface area contributed by atoms with Crippen LogP contribution in [0, 0.1) is 6.92 Å². The van der Waals surface area contributed by atoms with Crippen LogP contribution < -0.4 is 5.32 Å². The van der Waals surface area contributed by atoms with Crippen LogP contribution in [0.3, 0.4) is 0 Å². The fourth-order valence-electron chi connectivity index (χ4n) is 3.17. The van der Waals surface area contributed by atoms with Crippen molar-refractivity contribution in [3.63, 3.8) is 0 Å². The summed E-state index contributed by atoms with van der Waals surface area (Å²) in [6.45, 7) is 10.1. The van der Waals surface area contributed by atoms with E-state index in [0.29, 0.717) is 6.04 Å². The molecular formula is C20H25N. The van der Waals surface area contributed by atoms with E-state index in [9.17, 15) is 0 Å². The minimum absolute atomic E-state index is 0.198. The molecule has 0 radical (unpaired) electrons. The molecule has 21 heavy (non-hydrogen) atoms. The van der Waals surface area contributed by atoms with Gasteiger partial charge in [-0.25, -0.2) is 0 Å². The van der Waals surface area contributed by atoms with Crippen LogP contribution in [-0.2, 0) is 11.8 Å². The first-order valence-corrected chi connectivity index (χ1v) is 7.88. The first-order chi connectivity index (χ1) is 9.95. The van der Waals surface area contributed by atoms with Crippen molar-refractivity contribution in [2.24, 2.45) is 0 Å². The molecule has 2 aromatic rings. The Labute approximate surface area is 128 Å². The van der Waals surface area contributed by atoms with Gasteiger partial charge in [0, 0.05) is 6.54 Å². The predicted molar refractivity (Wildman–Crippen MR) is 89.9 cm³/mol. The predicted octanol–water partition coefficient (Wildman–Crippen LogP) is 4.53. The second-order valence-electron chi connectivity index (χ2n) is 7.21. The first-order valence-electron chi connectivity index (χ1n) is 7.88. The van der Waals surface area contributed by atoms with E-state index in [0.717, 1.165) is 13.0 Å². The van der Waals surface area contributed by atoms with Gasteiger partial charge in [0.1, 0.15) is 0 Å². The van der Waals surface area contributed by atoms with Gasteiger partial charge in [-0.1, -0.05) is 68.8 Å². The second kappa shape index (κ2) is 5.31. The largest absolute Gasteiger partial charge is 0.306 e.